The Labute approximate surface area is 147 Å². The van der Waals surface area contributed by atoms with Crippen molar-refractivity contribution in [1.82, 2.24) is 15.2 Å². The van der Waals surface area contributed by atoms with Gasteiger partial charge in [0.15, 0.2) is 0 Å². The molecule has 1 aromatic heterocycles. The second-order valence-corrected chi connectivity index (χ2v) is 6.09. The third kappa shape index (κ3) is 5.27. The van der Waals surface area contributed by atoms with E-state index >= 15 is 0 Å². The Morgan fingerprint density at radius 2 is 2.04 bits per heavy atom. The summed E-state index contributed by atoms with van der Waals surface area (Å²) in [6, 6.07) is 12.8. The fourth-order valence-electron chi connectivity index (χ4n) is 2.74. The summed E-state index contributed by atoms with van der Waals surface area (Å²) in [5.74, 6) is 0.967. The number of nitrogens with one attached hydrogen (secondary N) is 1. The van der Waals surface area contributed by atoms with Crippen LogP contribution in [-0.2, 0) is 4.74 Å². The van der Waals surface area contributed by atoms with Gasteiger partial charge in [0, 0.05) is 43.5 Å². The van der Waals surface area contributed by atoms with Crippen molar-refractivity contribution in [2.45, 2.75) is 13.0 Å². The third-order valence-corrected chi connectivity index (χ3v) is 3.98. The van der Waals surface area contributed by atoms with Crippen LogP contribution in [0.15, 0.2) is 48.7 Å². The van der Waals surface area contributed by atoms with Crippen LogP contribution in [0.3, 0.4) is 0 Å². The van der Waals surface area contributed by atoms with Gasteiger partial charge >= 0.3 is 0 Å². The number of hydrogen-bond acceptors (Lipinski definition) is 5. The molecular formula is C19H23N3O3. The van der Waals surface area contributed by atoms with E-state index < -0.39 is 0 Å². The zero-order valence-electron chi connectivity index (χ0n) is 14.4. The summed E-state index contributed by atoms with van der Waals surface area (Å²) in [5.41, 5.74) is 0.537. The van der Waals surface area contributed by atoms with Gasteiger partial charge in [-0.3, -0.25) is 9.69 Å². The van der Waals surface area contributed by atoms with Gasteiger partial charge in [0.2, 0.25) is 5.88 Å². The van der Waals surface area contributed by atoms with Crippen LogP contribution in [0.2, 0.25) is 0 Å². The van der Waals surface area contributed by atoms with Crippen LogP contribution >= 0.6 is 0 Å². The molecule has 1 N–H and O–H groups in total. The number of aromatic nitrogens is 1. The number of ether oxygens (including phenoxy) is 2. The third-order valence-electron chi connectivity index (χ3n) is 3.98. The van der Waals surface area contributed by atoms with Gasteiger partial charge in [0.05, 0.1) is 13.2 Å². The second-order valence-electron chi connectivity index (χ2n) is 6.09. The molecule has 25 heavy (non-hydrogen) atoms. The first-order valence-corrected chi connectivity index (χ1v) is 8.50. The molecule has 6 nitrogen and oxygen atoms in total. The lowest BCUT2D eigenvalue weighted by Gasteiger charge is -2.29. The summed E-state index contributed by atoms with van der Waals surface area (Å²) in [6.45, 7) is 6.15. The Balaban J connectivity index is 1.57. The molecule has 1 amide bonds. The lowest BCUT2D eigenvalue weighted by molar-refractivity contribution is 0.0342. The fourth-order valence-corrected chi connectivity index (χ4v) is 2.74. The Hall–Kier alpha value is -2.44. The lowest BCUT2D eigenvalue weighted by atomic mass is 10.2. The molecule has 1 aliphatic heterocycles. The zero-order chi connectivity index (χ0) is 17.5. The fraction of sp³-hybridized carbons (Fsp3) is 0.368. The number of rotatable bonds is 6. The van der Waals surface area contributed by atoms with Crippen LogP contribution in [0.5, 0.6) is 11.6 Å². The van der Waals surface area contributed by atoms with Gasteiger partial charge in [-0.1, -0.05) is 18.2 Å². The van der Waals surface area contributed by atoms with Crippen LogP contribution < -0.4 is 10.1 Å². The molecule has 1 aliphatic rings. The normalized spacial score (nSPS) is 16.2. The van der Waals surface area contributed by atoms with E-state index in [1.165, 1.54) is 0 Å². The highest BCUT2D eigenvalue weighted by Gasteiger charge is 2.16. The minimum Gasteiger partial charge on any atom is -0.439 e. The molecule has 2 aromatic rings. The molecule has 2 heterocycles. The lowest BCUT2D eigenvalue weighted by Crippen LogP contribution is -2.46. The summed E-state index contributed by atoms with van der Waals surface area (Å²) >= 11 is 0. The van der Waals surface area contributed by atoms with Crippen LogP contribution in [0.1, 0.15) is 17.3 Å². The molecular weight excluding hydrogens is 318 g/mol. The molecule has 1 atom stereocenters. The minimum absolute atomic E-state index is 0.0530. The van der Waals surface area contributed by atoms with Crippen molar-refractivity contribution in [1.29, 1.82) is 0 Å². The summed E-state index contributed by atoms with van der Waals surface area (Å²) in [6.07, 6.45) is 1.58. The highest BCUT2D eigenvalue weighted by atomic mass is 16.5. The zero-order valence-corrected chi connectivity index (χ0v) is 14.4. The van der Waals surface area contributed by atoms with Crippen molar-refractivity contribution in [2.75, 3.05) is 32.8 Å². The van der Waals surface area contributed by atoms with Gasteiger partial charge in [-0.25, -0.2) is 4.98 Å². The second kappa shape index (κ2) is 8.60. The number of pyridine rings is 1. The molecule has 1 saturated heterocycles. The Morgan fingerprint density at radius 1 is 1.28 bits per heavy atom. The standard InChI is InChI=1S/C19H23N3O3/c1-15(14-22-9-11-24-12-10-22)21-19(23)16-7-8-20-18(13-16)25-17-5-3-2-4-6-17/h2-8,13,15H,9-12,14H2,1H3,(H,21,23). The van der Waals surface area contributed by atoms with Gasteiger partial charge in [0.1, 0.15) is 5.75 Å². The largest absolute Gasteiger partial charge is 0.439 e. The highest BCUT2D eigenvalue weighted by Crippen LogP contribution is 2.19. The van der Waals surface area contributed by atoms with E-state index in [-0.39, 0.29) is 11.9 Å². The number of hydrogen-bond donors (Lipinski definition) is 1. The quantitative estimate of drug-likeness (QED) is 0.874. The smallest absolute Gasteiger partial charge is 0.251 e. The molecule has 0 saturated carbocycles. The number of morpholine rings is 1. The molecule has 132 valence electrons. The maximum atomic E-state index is 12.5. The Bertz CT molecular complexity index is 687. The van der Waals surface area contributed by atoms with E-state index in [1.54, 1.807) is 18.3 Å². The van der Waals surface area contributed by atoms with E-state index in [9.17, 15) is 4.79 Å². The molecule has 1 unspecified atom stereocenters. The first kappa shape index (κ1) is 17.4. The number of amides is 1. The average molecular weight is 341 g/mol. The Morgan fingerprint density at radius 3 is 2.80 bits per heavy atom. The molecule has 0 spiro atoms. The van der Waals surface area contributed by atoms with Crippen molar-refractivity contribution in [3.63, 3.8) is 0 Å². The molecule has 1 aromatic carbocycles. The van der Waals surface area contributed by atoms with Crippen LogP contribution in [0.25, 0.3) is 0 Å². The van der Waals surface area contributed by atoms with Crippen molar-refractivity contribution in [3.05, 3.63) is 54.2 Å². The van der Waals surface area contributed by atoms with E-state index in [0.29, 0.717) is 17.2 Å². The number of para-hydroxylation sites is 1. The average Bonchev–Trinajstić information content (AvgIpc) is 2.63. The van der Waals surface area contributed by atoms with Crippen molar-refractivity contribution in [3.8, 4) is 11.6 Å². The predicted octanol–water partition coefficient (Wildman–Crippen LogP) is 2.32. The topological polar surface area (TPSA) is 63.7 Å². The van der Waals surface area contributed by atoms with Gasteiger partial charge in [-0.2, -0.15) is 0 Å². The molecule has 0 radical (unpaired) electrons. The molecule has 0 bridgehead atoms. The Kier molecular flexibility index (Phi) is 5.98. The first-order valence-electron chi connectivity index (χ1n) is 8.50. The summed E-state index contributed by atoms with van der Waals surface area (Å²) in [4.78, 5) is 18.9. The van der Waals surface area contributed by atoms with Gasteiger partial charge in [-0.05, 0) is 25.1 Å². The molecule has 0 aliphatic carbocycles. The number of benzene rings is 1. The monoisotopic (exact) mass is 341 g/mol. The van der Waals surface area contributed by atoms with Crippen LogP contribution in [0, 0.1) is 0 Å². The summed E-state index contributed by atoms with van der Waals surface area (Å²) in [5, 5.41) is 3.03. The van der Waals surface area contributed by atoms with Crippen LogP contribution in [-0.4, -0.2) is 54.7 Å². The summed E-state index contributed by atoms with van der Waals surface area (Å²) in [7, 11) is 0. The van der Waals surface area contributed by atoms with Crippen molar-refractivity contribution in [2.24, 2.45) is 0 Å². The number of carbonyl (C=O) groups excluding carboxylic acids is 1. The first-order chi connectivity index (χ1) is 12.2. The van der Waals surface area contributed by atoms with E-state index in [0.717, 1.165) is 32.8 Å². The molecule has 3 rings (SSSR count). The minimum atomic E-state index is -0.124. The van der Waals surface area contributed by atoms with Crippen molar-refractivity contribution < 1.29 is 14.3 Å². The predicted molar refractivity (Wildman–Crippen MR) is 94.9 cm³/mol. The van der Waals surface area contributed by atoms with E-state index in [1.807, 2.05) is 37.3 Å². The molecule has 1 fully saturated rings. The van der Waals surface area contributed by atoms with Crippen molar-refractivity contribution >= 4 is 5.91 Å². The van der Waals surface area contributed by atoms with E-state index in [4.69, 9.17) is 9.47 Å². The van der Waals surface area contributed by atoms with Gasteiger partial charge < -0.3 is 14.8 Å². The van der Waals surface area contributed by atoms with Gasteiger partial charge in [-0.15, -0.1) is 0 Å². The maximum Gasteiger partial charge on any atom is 0.251 e. The van der Waals surface area contributed by atoms with Crippen LogP contribution in [0.4, 0.5) is 0 Å². The van der Waals surface area contributed by atoms with Gasteiger partial charge in [0.25, 0.3) is 5.91 Å². The molecule has 6 heteroatoms. The SMILES string of the molecule is CC(CN1CCOCC1)NC(=O)c1ccnc(Oc2ccccc2)c1. The number of nitrogens with zero attached hydrogens (tertiary/aromatic N) is 2. The summed E-state index contributed by atoms with van der Waals surface area (Å²) < 4.78 is 11.0. The maximum absolute atomic E-state index is 12.5. The van der Waals surface area contributed by atoms with E-state index in [2.05, 4.69) is 15.2 Å². The number of carbonyl (C=O) groups is 1. The highest BCUT2D eigenvalue weighted by molar-refractivity contribution is 5.94.